The highest BCUT2D eigenvalue weighted by atomic mass is 35.5. The molecule has 0 heterocycles. The van der Waals surface area contributed by atoms with Crippen molar-refractivity contribution in [1.29, 1.82) is 0 Å². The number of ether oxygens (including phenoxy) is 2. The van der Waals surface area contributed by atoms with Gasteiger partial charge >= 0.3 is 0 Å². The van der Waals surface area contributed by atoms with Crippen molar-refractivity contribution in [2.75, 3.05) is 13.2 Å². The molecule has 2 amide bonds. The molecule has 9 heteroatoms. The molecule has 31 heavy (non-hydrogen) atoms. The molecule has 1 fully saturated rings. The van der Waals surface area contributed by atoms with E-state index in [2.05, 4.69) is 10.6 Å². The van der Waals surface area contributed by atoms with Gasteiger partial charge in [-0.15, -0.1) is 0 Å². The molecule has 2 aromatic carbocycles. The van der Waals surface area contributed by atoms with Crippen molar-refractivity contribution in [1.82, 2.24) is 10.6 Å². The molecule has 1 aliphatic carbocycles. The second-order valence-electron chi connectivity index (χ2n) is 7.32. The Morgan fingerprint density at radius 3 is 1.65 bits per heavy atom. The first-order valence-electron chi connectivity index (χ1n) is 9.93. The average molecular weight is 486 g/mol. The van der Waals surface area contributed by atoms with Crippen molar-refractivity contribution in [2.24, 2.45) is 0 Å². The molecule has 0 aliphatic heterocycles. The van der Waals surface area contributed by atoms with E-state index in [0.29, 0.717) is 26.6 Å². The first-order valence-corrected chi connectivity index (χ1v) is 11.1. The van der Waals surface area contributed by atoms with Crippen molar-refractivity contribution in [3.8, 4) is 11.5 Å². The molecule has 2 aromatic rings. The summed E-state index contributed by atoms with van der Waals surface area (Å²) in [6.45, 7) is -0.168. The molecule has 3 rings (SSSR count). The van der Waals surface area contributed by atoms with E-state index in [-0.39, 0.29) is 37.1 Å². The third kappa shape index (κ3) is 8.13. The van der Waals surface area contributed by atoms with E-state index in [1.807, 2.05) is 0 Å². The van der Waals surface area contributed by atoms with Gasteiger partial charge in [0, 0.05) is 27.2 Å². The van der Waals surface area contributed by atoms with Crippen LogP contribution < -0.4 is 20.1 Å². The second kappa shape index (κ2) is 11.5. The summed E-state index contributed by atoms with van der Waals surface area (Å²) in [5, 5.41) is 7.45. The fourth-order valence-electron chi connectivity index (χ4n) is 3.36. The summed E-state index contributed by atoms with van der Waals surface area (Å²) in [5.41, 5.74) is 0. The highest BCUT2D eigenvalue weighted by molar-refractivity contribution is 6.34. The SMILES string of the molecule is O=C(COc1ccc(Cl)cc1)NC1CCC(NC(=O)COc2cc(Cl)cc(Cl)c2)CC1. The summed E-state index contributed by atoms with van der Waals surface area (Å²) < 4.78 is 10.9. The number of amides is 2. The molecule has 1 saturated carbocycles. The maximum absolute atomic E-state index is 12.2. The fourth-order valence-corrected chi connectivity index (χ4v) is 3.99. The van der Waals surface area contributed by atoms with Gasteiger partial charge in [-0.3, -0.25) is 9.59 Å². The first kappa shape index (κ1) is 23.5. The van der Waals surface area contributed by atoms with Crippen LogP contribution in [-0.4, -0.2) is 37.1 Å². The smallest absolute Gasteiger partial charge is 0.258 e. The van der Waals surface area contributed by atoms with Gasteiger partial charge < -0.3 is 20.1 Å². The molecular weight excluding hydrogens is 463 g/mol. The lowest BCUT2D eigenvalue weighted by Crippen LogP contribution is -2.45. The summed E-state index contributed by atoms with van der Waals surface area (Å²) in [7, 11) is 0. The molecule has 1 aliphatic rings. The largest absolute Gasteiger partial charge is 0.484 e. The first-order chi connectivity index (χ1) is 14.9. The van der Waals surface area contributed by atoms with Gasteiger partial charge in [0.25, 0.3) is 11.8 Å². The van der Waals surface area contributed by atoms with Crippen LogP contribution in [0.5, 0.6) is 11.5 Å². The Labute approximate surface area is 196 Å². The molecule has 0 saturated heterocycles. The van der Waals surface area contributed by atoms with Crippen molar-refractivity contribution >= 4 is 46.6 Å². The van der Waals surface area contributed by atoms with Gasteiger partial charge in [0.1, 0.15) is 11.5 Å². The molecule has 166 valence electrons. The van der Waals surface area contributed by atoms with Crippen LogP contribution in [0.3, 0.4) is 0 Å². The number of rotatable bonds is 8. The maximum atomic E-state index is 12.2. The second-order valence-corrected chi connectivity index (χ2v) is 8.63. The Balaban J connectivity index is 1.32. The topological polar surface area (TPSA) is 76.7 Å². The Morgan fingerprint density at radius 2 is 1.16 bits per heavy atom. The Hall–Kier alpha value is -2.15. The number of carbonyl (C=O) groups is 2. The van der Waals surface area contributed by atoms with E-state index in [1.165, 1.54) is 0 Å². The molecule has 0 aromatic heterocycles. The van der Waals surface area contributed by atoms with Crippen LogP contribution in [0.4, 0.5) is 0 Å². The fraction of sp³-hybridized carbons (Fsp3) is 0.364. The lowest BCUT2D eigenvalue weighted by molar-refractivity contribution is -0.125. The minimum absolute atomic E-state index is 0.0524. The van der Waals surface area contributed by atoms with Gasteiger partial charge in [-0.1, -0.05) is 34.8 Å². The zero-order chi connectivity index (χ0) is 22.2. The highest BCUT2D eigenvalue weighted by Crippen LogP contribution is 2.24. The van der Waals surface area contributed by atoms with E-state index in [9.17, 15) is 9.59 Å². The van der Waals surface area contributed by atoms with Gasteiger partial charge in [-0.25, -0.2) is 0 Å². The Kier molecular flexibility index (Phi) is 8.69. The number of nitrogens with one attached hydrogen (secondary N) is 2. The lowest BCUT2D eigenvalue weighted by Gasteiger charge is -2.29. The Bertz CT molecular complexity index is 880. The standard InChI is InChI=1S/C22H23Cl3N2O4/c23-14-1-7-19(8-2-14)30-12-21(28)26-17-3-5-18(6-4-17)27-22(29)13-31-20-10-15(24)9-16(25)11-20/h1-2,7-11,17-18H,3-6,12-13H2,(H,26,28)(H,27,29). The van der Waals surface area contributed by atoms with E-state index in [1.54, 1.807) is 42.5 Å². The summed E-state index contributed by atoms with van der Waals surface area (Å²) in [6.07, 6.45) is 3.11. The maximum Gasteiger partial charge on any atom is 0.258 e. The highest BCUT2D eigenvalue weighted by Gasteiger charge is 2.23. The normalized spacial score (nSPS) is 18.2. The third-order valence-corrected chi connectivity index (χ3v) is 5.54. The van der Waals surface area contributed by atoms with E-state index >= 15 is 0 Å². The third-order valence-electron chi connectivity index (χ3n) is 4.85. The molecule has 0 spiro atoms. The zero-order valence-electron chi connectivity index (χ0n) is 16.7. The quantitative estimate of drug-likeness (QED) is 0.571. The van der Waals surface area contributed by atoms with Gasteiger partial charge in [0.2, 0.25) is 0 Å². The van der Waals surface area contributed by atoms with Gasteiger partial charge in [-0.2, -0.15) is 0 Å². The van der Waals surface area contributed by atoms with Crippen LogP contribution in [0, 0.1) is 0 Å². The van der Waals surface area contributed by atoms with Crippen molar-refractivity contribution in [2.45, 2.75) is 37.8 Å². The van der Waals surface area contributed by atoms with Crippen LogP contribution in [-0.2, 0) is 9.59 Å². The Morgan fingerprint density at radius 1 is 0.710 bits per heavy atom. The van der Waals surface area contributed by atoms with Crippen molar-refractivity contribution in [3.63, 3.8) is 0 Å². The molecule has 0 atom stereocenters. The predicted molar refractivity (Wildman–Crippen MR) is 121 cm³/mol. The van der Waals surface area contributed by atoms with Gasteiger partial charge in [0.05, 0.1) is 0 Å². The number of benzene rings is 2. The van der Waals surface area contributed by atoms with Crippen LogP contribution in [0.25, 0.3) is 0 Å². The monoisotopic (exact) mass is 484 g/mol. The minimum Gasteiger partial charge on any atom is -0.484 e. The number of hydrogen-bond donors (Lipinski definition) is 2. The molecule has 6 nitrogen and oxygen atoms in total. The minimum atomic E-state index is -0.208. The van der Waals surface area contributed by atoms with Crippen molar-refractivity contribution in [3.05, 3.63) is 57.5 Å². The summed E-state index contributed by atoms with van der Waals surface area (Å²) >= 11 is 17.7. The van der Waals surface area contributed by atoms with E-state index in [4.69, 9.17) is 44.3 Å². The van der Waals surface area contributed by atoms with Crippen LogP contribution in [0.2, 0.25) is 15.1 Å². The van der Waals surface area contributed by atoms with Crippen LogP contribution in [0.1, 0.15) is 25.7 Å². The molecule has 0 unspecified atom stereocenters. The number of halogens is 3. The molecular formula is C22H23Cl3N2O4. The van der Waals surface area contributed by atoms with Crippen LogP contribution in [0.15, 0.2) is 42.5 Å². The summed E-state index contributed by atoms with van der Waals surface area (Å²) in [4.78, 5) is 24.3. The summed E-state index contributed by atoms with van der Waals surface area (Å²) in [6, 6.07) is 11.8. The zero-order valence-corrected chi connectivity index (χ0v) is 19.0. The van der Waals surface area contributed by atoms with Gasteiger partial charge in [-0.05, 0) is 68.1 Å². The number of hydrogen-bond acceptors (Lipinski definition) is 4. The molecule has 2 N–H and O–H groups in total. The number of carbonyl (C=O) groups excluding carboxylic acids is 2. The summed E-state index contributed by atoms with van der Waals surface area (Å²) in [5.74, 6) is 0.657. The van der Waals surface area contributed by atoms with Crippen LogP contribution >= 0.6 is 34.8 Å². The predicted octanol–water partition coefficient (Wildman–Crippen LogP) is 4.65. The van der Waals surface area contributed by atoms with E-state index in [0.717, 1.165) is 25.7 Å². The van der Waals surface area contributed by atoms with Crippen molar-refractivity contribution < 1.29 is 19.1 Å². The van der Waals surface area contributed by atoms with Gasteiger partial charge in [0.15, 0.2) is 13.2 Å². The average Bonchev–Trinajstić information content (AvgIpc) is 2.73. The van der Waals surface area contributed by atoms with E-state index < -0.39 is 0 Å². The lowest BCUT2D eigenvalue weighted by atomic mass is 9.91. The molecule has 0 radical (unpaired) electrons. The molecule has 0 bridgehead atoms.